The molecule has 10 atom stereocenters. The van der Waals surface area contributed by atoms with Crippen molar-refractivity contribution >= 4 is 106 Å². The van der Waals surface area contributed by atoms with Gasteiger partial charge in [0, 0.05) is 90.2 Å². The number of carboxylic acid groups (broad SMARTS) is 1. The second-order valence-corrected chi connectivity index (χ2v) is 31.2. The van der Waals surface area contributed by atoms with Crippen LogP contribution in [0.2, 0.25) is 20.4 Å². The lowest BCUT2D eigenvalue weighted by Gasteiger charge is -2.51. The molecular formula is C69H82Cl5F2N7O11. The lowest BCUT2D eigenvalue weighted by Crippen LogP contribution is -2.57. The van der Waals surface area contributed by atoms with Crippen LogP contribution in [0.1, 0.15) is 158 Å². The molecule has 4 spiro atoms. The monoisotopic (exact) mass is 1400 g/mol. The van der Waals surface area contributed by atoms with Crippen molar-refractivity contribution in [1.82, 2.24) is 19.8 Å². The van der Waals surface area contributed by atoms with Gasteiger partial charge in [-0.2, -0.15) is 0 Å². The fraction of sp³-hybridized carbons (Fsp3) is 0.594. The second kappa shape index (κ2) is 26.6. The number of carboxylic acids is 1. The minimum absolute atomic E-state index is 0. The first-order valence-corrected chi connectivity index (χ1v) is 34.1. The van der Waals surface area contributed by atoms with E-state index in [1.54, 1.807) is 46.2 Å². The van der Waals surface area contributed by atoms with Gasteiger partial charge in [0.25, 0.3) is 11.8 Å². The number of halogens is 7. The number of ether oxygens (including phenoxy) is 2. The largest absolute Gasteiger partial charge is 0.481 e. The zero-order valence-corrected chi connectivity index (χ0v) is 56.9. The van der Waals surface area contributed by atoms with E-state index in [0.717, 1.165) is 50.5 Å². The van der Waals surface area contributed by atoms with Gasteiger partial charge in [-0.25, -0.2) is 18.7 Å². The van der Waals surface area contributed by atoms with Crippen LogP contribution in [0.4, 0.5) is 20.2 Å². The highest BCUT2D eigenvalue weighted by molar-refractivity contribution is 6.32. The average Bonchev–Trinajstić information content (AvgIpc) is 1.51. The number of aromatic nitrogens is 2. The molecule has 8 fully saturated rings. The summed E-state index contributed by atoms with van der Waals surface area (Å²) in [7, 11) is 0. The van der Waals surface area contributed by atoms with Crippen molar-refractivity contribution in [2.45, 2.75) is 177 Å². The molecule has 7 N–H and O–H groups in total. The lowest BCUT2D eigenvalue weighted by molar-refractivity contribution is -0.158. The van der Waals surface area contributed by atoms with E-state index in [4.69, 9.17) is 66.7 Å². The molecular weight excluding hydrogens is 1320 g/mol. The molecule has 18 nitrogen and oxygen atoms in total. The van der Waals surface area contributed by atoms with Gasteiger partial charge >= 0.3 is 5.97 Å². The molecule has 0 radical (unpaired) electrons. The van der Waals surface area contributed by atoms with Gasteiger partial charge in [0.05, 0.1) is 42.2 Å². The van der Waals surface area contributed by atoms with E-state index < -0.39 is 75.1 Å². The van der Waals surface area contributed by atoms with Crippen molar-refractivity contribution in [1.29, 1.82) is 0 Å². The van der Waals surface area contributed by atoms with Crippen LogP contribution in [0.5, 0.6) is 0 Å². The van der Waals surface area contributed by atoms with Crippen LogP contribution in [0.15, 0.2) is 60.9 Å². The van der Waals surface area contributed by atoms with Crippen molar-refractivity contribution in [3.8, 4) is 0 Å². The first-order chi connectivity index (χ1) is 44.0. The van der Waals surface area contributed by atoms with Gasteiger partial charge in [-0.05, 0) is 176 Å². The third-order valence-corrected chi connectivity index (χ3v) is 24.0. The van der Waals surface area contributed by atoms with Crippen molar-refractivity contribution in [3.05, 3.63) is 115 Å². The molecule has 0 unspecified atom stereocenters. The number of benzene rings is 2. The highest BCUT2D eigenvalue weighted by Gasteiger charge is 2.74. The van der Waals surface area contributed by atoms with Gasteiger partial charge in [-0.1, -0.05) is 86.2 Å². The first-order valence-electron chi connectivity index (χ1n) is 32.5. The van der Waals surface area contributed by atoms with Gasteiger partial charge in [0.2, 0.25) is 11.8 Å². The van der Waals surface area contributed by atoms with E-state index in [0.29, 0.717) is 98.3 Å². The number of β-amino-alcohol motifs (C(OH)–C–C–N with tert-alkyl or cyclic N) is 2. The van der Waals surface area contributed by atoms with E-state index in [-0.39, 0.29) is 118 Å². The number of aliphatic hydroxyl groups excluding tert-OH is 2. The van der Waals surface area contributed by atoms with Crippen molar-refractivity contribution in [3.63, 3.8) is 0 Å². The number of rotatable bonds is 8. The van der Waals surface area contributed by atoms with Crippen LogP contribution in [0.25, 0.3) is 0 Å². The third kappa shape index (κ3) is 12.2. The summed E-state index contributed by atoms with van der Waals surface area (Å²) in [4.78, 5) is 91.3. The van der Waals surface area contributed by atoms with Crippen LogP contribution in [-0.4, -0.2) is 140 Å². The quantitative estimate of drug-likeness (QED) is 0.0897. The molecule has 4 aliphatic carbocycles. The summed E-state index contributed by atoms with van der Waals surface area (Å²) in [5.74, 6) is -6.61. The summed E-state index contributed by atoms with van der Waals surface area (Å²) in [5, 5.41) is 35.4. The highest BCUT2D eigenvalue weighted by atomic mass is 35.5. The fourth-order valence-corrected chi connectivity index (χ4v) is 18.6. The molecule has 14 rings (SSSR count). The number of ketones is 1. The van der Waals surface area contributed by atoms with E-state index >= 15 is 8.78 Å². The predicted molar refractivity (Wildman–Crippen MR) is 352 cm³/mol. The zero-order chi connectivity index (χ0) is 66.5. The molecule has 8 heterocycles. The summed E-state index contributed by atoms with van der Waals surface area (Å²) in [6, 6.07) is 13.7. The second-order valence-electron chi connectivity index (χ2n) is 29.6. The number of carbonyl (C=O) groups excluding carboxylic acids is 5. The van der Waals surface area contributed by atoms with E-state index in [2.05, 4.69) is 48.3 Å². The Bertz CT molecular complexity index is 3610. The van der Waals surface area contributed by atoms with E-state index in [1.807, 2.05) is 6.07 Å². The maximum atomic E-state index is 16.1. The molecule has 2 aromatic heterocycles. The number of carbonyl (C=O) groups is 6. The molecule has 10 aliphatic rings. The SMILES string of the molecule is CC1(C)CCC2(CC1)C[C@@H](C(=O)C[C@@H]1CC[C@@H](C(=O)N3CC(O)C3)OC1)[C@H](c1ccnc(Cl)c1F)[C@]21C(=O)Nc2cc(Cl)ccc21.CC1(C)CCC2(CC1)C[C@@H](C(=O)O)[C@H](c1ccnc(Cl)c1F)[C@]21C(=O)Nc2cc(Cl)ccc21.Cl.N[C@@H]1CC[C@@H](C(=O)N2CC(O)C2)OC1. The number of nitrogens with one attached hydrogen (secondary N) is 2. The Kier molecular flexibility index (Phi) is 19.9. The predicted octanol–water partition coefficient (Wildman–Crippen LogP) is 11.4. The average molecular weight is 1400 g/mol. The Labute approximate surface area is 571 Å². The molecule has 25 heteroatoms. The van der Waals surface area contributed by atoms with Gasteiger partial charge in [-0.15, -0.1) is 12.4 Å². The van der Waals surface area contributed by atoms with E-state index in [9.17, 15) is 39.0 Å². The van der Waals surface area contributed by atoms with Gasteiger partial charge < -0.3 is 51.0 Å². The number of hydrogen-bond donors (Lipinski definition) is 6. The summed E-state index contributed by atoms with van der Waals surface area (Å²) in [5.41, 5.74) is 5.10. The van der Waals surface area contributed by atoms with Crippen molar-refractivity contribution in [2.24, 2.45) is 45.1 Å². The number of anilines is 2. The Morgan fingerprint density at radius 2 is 1.03 bits per heavy atom. The summed E-state index contributed by atoms with van der Waals surface area (Å²) >= 11 is 24.9. The zero-order valence-electron chi connectivity index (χ0n) is 53.0. The van der Waals surface area contributed by atoms with Gasteiger partial charge in [0.1, 0.15) is 18.0 Å². The van der Waals surface area contributed by atoms with Crippen LogP contribution < -0.4 is 16.4 Å². The topological polar surface area (TPSA) is 264 Å². The number of aliphatic hydroxyl groups is 2. The van der Waals surface area contributed by atoms with Crippen LogP contribution in [0, 0.1) is 51.0 Å². The maximum absolute atomic E-state index is 16.1. The summed E-state index contributed by atoms with van der Waals surface area (Å²) < 4.78 is 42.9. The number of Topliss-reactive ketones (excluding diaryl/α,β-unsaturated/α-hetero) is 1. The number of nitrogens with two attached hydrogens (primary N) is 1. The Hall–Kier alpha value is -5.13. The Balaban J connectivity index is 0.000000163. The third-order valence-electron chi connectivity index (χ3n) is 23.0. The lowest BCUT2D eigenvalue weighted by atomic mass is 9.51. The number of likely N-dealkylation sites (tertiary alicyclic amines) is 2. The summed E-state index contributed by atoms with van der Waals surface area (Å²) in [6.45, 7) is 11.1. The molecule has 0 bridgehead atoms. The molecule has 4 amide bonds. The number of amides is 4. The van der Waals surface area contributed by atoms with Crippen LogP contribution in [0.3, 0.4) is 0 Å². The Morgan fingerprint density at radius 1 is 0.617 bits per heavy atom. The molecule has 4 saturated heterocycles. The summed E-state index contributed by atoms with van der Waals surface area (Å²) in [6.07, 6.45) is 10.9. The molecule has 4 aromatic rings. The fourth-order valence-electron chi connectivity index (χ4n) is 18.0. The number of pyridine rings is 2. The van der Waals surface area contributed by atoms with Crippen LogP contribution in [-0.2, 0) is 49.1 Å². The number of fused-ring (bicyclic) bond motifs is 6. The van der Waals surface area contributed by atoms with Crippen LogP contribution >= 0.6 is 58.8 Å². The minimum atomic E-state index is -1.25. The standard InChI is InChI=1S/C35H40Cl2FN3O5.C25H25Cl2FN2O3.C9H16N2O3.ClH/c1-33(2)8-10-34(11-9-33)15-23(26(43)13-19-3-6-27(46-18-19)31(44)41-16-21(42)17-41)28(22-7-12-39-30(37)29(22)38)35(34)24-5-4-20(36)14-25(24)40-32(35)45;1-23(2)6-8-24(9-7-23)12-15(21(31)32)18(14-5-10-29-20(27)19(14)28)25(24)16-4-3-13(26)11-17(16)30-22(25)33;10-6-1-2-8(14-5-6)9(13)11-3-7(12)4-11;/h4-5,7,12,14,19,21,23,27-28,42H,3,6,8-11,13,15-18H2,1-2H3,(H,40,45);3-5,10-11,15,18H,6-9,12H2,1-2H3,(H,30,33)(H,31,32);6-8,12H,1-5,10H2;1H/t19-,23-,27-,28-,35+;15-,18+,25-;6-,8+;/m011./s1. The molecule has 94 heavy (non-hydrogen) atoms. The number of nitrogens with zero attached hydrogens (tertiary/aromatic N) is 4. The smallest absolute Gasteiger partial charge is 0.307 e. The number of hydrogen-bond acceptors (Lipinski definition) is 13. The van der Waals surface area contributed by atoms with Crippen molar-refractivity contribution in [2.75, 3.05) is 50.0 Å². The molecule has 4 saturated carbocycles. The van der Waals surface area contributed by atoms with Gasteiger partial charge in [-0.3, -0.25) is 28.8 Å². The number of aliphatic carboxylic acids is 1. The molecule has 508 valence electrons. The van der Waals surface area contributed by atoms with Crippen molar-refractivity contribution < 1.29 is 62.3 Å². The van der Waals surface area contributed by atoms with Gasteiger partial charge in [0.15, 0.2) is 21.9 Å². The minimum Gasteiger partial charge on any atom is -0.481 e. The first kappa shape index (κ1) is 70.2. The molecule has 6 aliphatic heterocycles. The normalized spacial score (nSPS) is 30.8. The molecule has 2 aromatic carbocycles. The van der Waals surface area contributed by atoms with E-state index in [1.165, 1.54) is 18.5 Å². The maximum Gasteiger partial charge on any atom is 0.307 e. The Morgan fingerprint density at radius 3 is 1.43 bits per heavy atom. The highest BCUT2D eigenvalue weighted by Crippen LogP contribution is 2.74.